The minimum atomic E-state index is -1.15. The van der Waals surface area contributed by atoms with E-state index < -0.39 is 23.0 Å². The maximum Gasteiger partial charge on any atom is 0.314 e. The summed E-state index contributed by atoms with van der Waals surface area (Å²) in [6.07, 6.45) is 6.31. The van der Waals surface area contributed by atoms with Crippen LogP contribution in [0.2, 0.25) is 5.02 Å². The Balaban J connectivity index is 1.57. The summed E-state index contributed by atoms with van der Waals surface area (Å²) in [5.41, 5.74) is 1.04. The lowest BCUT2D eigenvalue weighted by molar-refractivity contribution is -0.140. The molecular weight excluding hydrogens is 492 g/mol. The zero-order valence-electron chi connectivity index (χ0n) is 18.9. The van der Waals surface area contributed by atoms with Gasteiger partial charge in [-0.05, 0) is 50.8 Å². The van der Waals surface area contributed by atoms with E-state index in [0.717, 1.165) is 29.1 Å². The highest BCUT2D eigenvalue weighted by Crippen LogP contribution is 2.54. The number of aryl methyl sites for hydroxylation is 1. The number of nitrogens with zero attached hydrogens (tertiary/aromatic N) is 3. The molecule has 2 aromatic heterocycles. The van der Waals surface area contributed by atoms with Gasteiger partial charge in [0.15, 0.2) is 5.82 Å². The Morgan fingerprint density at radius 3 is 2.63 bits per heavy atom. The number of benzene rings is 2. The number of rotatable bonds is 7. The van der Waals surface area contributed by atoms with Crippen LogP contribution in [0.5, 0.6) is 0 Å². The predicted octanol–water partition coefficient (Wildman–Crippen LogP) is 6.92. The summed E-state index contributed by atoms with van der Waals surface area (Å²) in [7, 11) is 0. The number of aliphatic carboxylic acids is 1. The predicted molar refractivity (Wildman–Crippen MR) is 131 cm³/mol. The normalized spacial score (nSPS) is 16.7. The van der Waals surface area contributed by atoms with Crippen molar-refractivity contribution in [2.45, 2.75) is 60.3 Å². The number of aromatic nitrogens is 3. The van der Waals surface area contributed by atoms with Gasteiger partial charge in [-0.1, -0.05) is 35.5 Å². The number of fused-ring (bicyclic) bond motifs is 1. The zero-order chi connectivity index (χ0) is 24.5. The van der Waals surface area contributed by atoms with Crippen LogP contribution in [-0.4, -0.2) is 25.4 Å². The lowest BCUT2D eigenvalue weighted by atomic mass is 9.96. The van der Waals surface area contributed by atoms with E-state index in [-0.39, 0.29) is 16.5 Å². The molecule has 35 heavy (non-hydrogen) atoms. The first-order chi connectivity index (χ1) is 16.9. The molecule has 4 aromatic rings. The van der Waals surface area contributed by atoms with E-state index in [4.69, 9.17) is 11.6 Å². The molecule has 5 nitrogen and oxygen atoms in total. The van der Waals surface area contributed by atoms with E-state index in [1.165, 1.54) is 17.8 Å². The second kappa shape index (κ2) is 8.10. The van der Waals surface area contributed by atoms with Gasteiger partial charge < -0.3 is 9.67 Å². The van der Waals surface area contributed by atoms with Gasteiger partial charge in [-0.15, -0.1) is 0 Å². The molecule has 2 fully saturated rings. The Morgan fingerprint density at radius 1 is 1.23 bits per heavy atom. The summed E-state index contributed by atoms with van der Waals surface area (Å²) < 4.78 is 34.9. The summed E-state index contributed by atoms with van der Waals surface area (Å²) in [6, 6.07) is 8.21. The molecule has 0 amide bonds. The van der Waals surface area contributed by atoms with Crippen molar-refractivity contribution in [1.29, 1.82) is 0 Å². The van der Waals surface area contributed by atoms with Crippen molar-refractivity contribution >= 4 is 40.2 Å². The van der Waals surface area contributed by atoms with Gasteiger partial charge in [0, 0.05) is 45.1 Å². The van der Waals surface area contributed by atoms with Gasteiger partial charge in [0.2, 0.25) is 0 Å². The van der Waals surface area contributed by atoms with Crippen LogP contribution in [0, 0.1) is 11.6 Å². The lowest BCUT2D eigenvalue weighted by Crippen LogP contribution is -2.21. The van der Waals surface area contributed by atoms with E-state index >= 15 is 8.78 Å². The third-order valence-corrected chi connectivity index (χ3v) is 8.49. The van der Waals surface area contributed by atoms with Gasteiger partial charge in [0.25, 0.3) is 0 Å². The highest BCUT2D eigenvalue weighted by Gasteiger charge is 2.53. The molecular formula is C26H22ClF2N3O2S. The first-order valence-electron chi connectivity index (χ1n) is 11.6. The molecule has 0 bridgehead atoms. The molecule has 1 N–H and O–H groups in total. The molecule has 0 atom stereocenters. The van der Waals surface area contributed by atoms with Gasteiger partial charge in [-0.3, -0.25) is 9.48 Å². The number of hydrogen-bond acceptors (Lipinski definition) is 3. The van der Waals surface area contributed by atoms with Crippen molar-refractivity contribution in [1.82, 2.24) is 14.3 Å². The average molecular weight is 514 g/mol. The number of hydrogen-bond donors (Lipinski definition) is 1. The van der Waals surface area contributed by atoms with Crippen LogP contribution >= 0.6 is 23.4 Å². The molecule has 0 saturated heterocycles. The molecule has 0 radical (unpaired) electrons. The Bertz CT molecular complexity index is 1500. The maximum absolute atomic E-state index is 15.7. The SMILES string of the molecule is CCn1cc(-n2c(C3CC3)c(Sc3cccc(C4(C(=O)O)CC4)c3F)c3ccc(Cl)c(F)c32)cn1. The largest absolute Gasteiger partial charge is 0.481 e. The van der Waals surface area contributed by atoms with Gasteiger partial charge in [-0.25, -0.2) is 8.78 Å². The Kier molecular flexibility index (Phi) is 5.23. The number of carboxylic acids is 1. The molecule has 180 valence electrons. The van der Waals surface area contributed by atoms with Crippen molar-refractivity contribution in [3.63, 3.8) is 0 Å². The lowest BCUT2D eigenvalue weighted by Gasteiger charge is -2.14. The first kappa shape index (κ1) is 22.6. The van der Waals surface area contributed by atoms with Gasteiger partial charge in [-0.2, -0.15) is 5.10 Å². The monoisotopic (exact) mass is 513 g/mol. The summed E-state index contributed by atoms with van der Waals surface area (Å²) >= 11 is 7.42. The minimum Gasteiger partial charge on any atom is -0.481 e. The van der Waals surface area contributed by atoms with Crippen LogP contribution in [0.15, 0.2) is 52.5 Å². The zero-order valence-corrected chi connectivity index (χ0v) is 20.5. The standard InChI is InChI=1S/C26H22ClF2N3O2S/c1-2-31-13-15(12-30-31)32-22(14-6-7-14)24(16-8-9-18(27)21(29)23(16)32)35-19-5-3-4-17(20(19)28)26(10-11-26)25(33)34/h3-5,8-9,12-14H,2,6-7,10-11H2,1H3,(H,33,34). The highest BCUT2D eigenvalue weighted by atomic mass is 35.5. The topological polar surface area (TPSA) is 60.0 Å². The molecule has 9 heteroatoms. The van der Waals surface area contributed by atoms with Crippen molar-refractivity contribution in [3.8, 4) is 5.69 Å². The fourth-order valence-electron chi connectivity index (χ4n) is 4.84. The second-order valence-corrected chi connectivity index (χ2v) is 10.7. The molecule has 2 heterocycles. The quantitative estimate of drug-likeness (QED) is 0.291. The van der Waals surface area contributed by atoms with Crippen LogP contribution in [0.3, 0.4) is 0 Å². The van der Waals surface area contributed by atoms with E-state index in [2.05, 4.69) is 5.10 Å². The average Bonchev–Trinajstić information content (AvgIpc) is 3.76. The first-order valence-corrected chi connectivity index (χ1v) is 12.8. The Hall–Kier alpha value is -2.84. The Morgan fingerprint density at radius 2 is 2.00 bits per heavy atom. The van der Waals surface area contributed by atoms with Crippen LogP contribution in [0.25, 0.3) is 16.6 Å². The smallest absolute Gasteiger partial charge is 0.314 e. The highest BCUT2D eigenvalue weighted by molar-refractivity contribution is 7.99. The fourth-order valence-corrected chi connectivity index (χ4v) is 6.19. The van der Waals surface area contributed by atoms with Crippen molar-refractivity contribution < 1.29 is 18.7 Å². The van der Waals surface area contributed by atoms with Crippen LogP contribution in [0.4, 0.5) is 8.78 Å². The summed E-state index contributed by atoms with van der Waals surface area (Å²) in [5, 5.41) is 14.7. The summed E-state index contributed by atoms with van der Waals surface area (Å²) in [4.78, 5) is 12.9. The van der Waals surface area contributed by atoms with E-state index in [1.54, 1.807) is 35.1 Å². The van der Waals surface area contributed by atoms with Crippen molar-refractivity contribution in [2.75, 3.05) is 0 Å². The van der Waals surface area contributed by atoms with Crippen molar-refractivity contribution in [2.24, 2.45) is 0 Å². The third kappa shape index (κ3) is 3.49. The Labute approximate surface area is 209 Å². The van der Waals surface area contributed by atoms with Crippen LogP contribution in [0.1, 0.15) is 49.8 Å². The van der Waals surface area contributed by atoms with Gasteiger partial charge in [0.05, 0.1) is 27.8 Å². The molecule has 0 aliphatic heterocycles. The molecule has 2 saturated carbocycles. The molecule has 2 aliphatic rings. The second-order valence-electron chi connectivity index (χ2n) is 9.24. The van der Waals surface area contributed by atoms with Crippen LogP contribution in [-0.2, 0) is 16.8 Å². The summed E-state index contributed by atoms with van der Waals surface area (Å²) in [5.74, 6) is -1.85. The van der Waals surface area contributed by atoms with Gasteiger partial charge in [0.1, 0.15) is 5.82 Å². The summed E-state index contributed by atoms with van der Waals surface area (Å²) in [6.45, 7) is 2.65. The molecule has 2 aliphatic carbocycles. The van der Waals surface area contributed by atoms with Crippen molar-refractivity contribution in [3.05, 3.63) is 70.6 Å². The van der Waals surface area contributed by atoms with E-state index in [0.29, 0.717) is 35.2 Å². The number of halogens is 3. The maximum atomic E-state index is 15.7. The molecule has 0 spiro atoms. The minimum absolute atomic E-state index is 0.0170. The number of carboxylic acid groups (broad SMARTS) is 1. The van der Waals surface area contributed by atoms with E-state index in [1.807, 2.05) is 17.7 Å². The number of carbonyl (C=O) groups is 1. The molecule has 2 aromatic carbocycles. The molecule has 6 rings (SSSR count). The fraction of sp³-hybridized carbons (Fsp3) is 0.308. The van der Waals surface area contributed by atoms with Crippen LogP contribution < -0.4 is 0 Å². The third-order valence-electron chi connectivity index (χ3n) is 7.03. The molecule has 0 unspecified atom stereocenters. The van der Waals surface area contributed by atoms with Gasteiger partial charge >= 0.3 is 5.97 Å². The van der Waals surface area contributed by atoms with E-state index in [9.17, 15) is 9.90 Å².